The molecular weight excluding hydrogens is 228 g/mol. The van der Waals surface area contributed by atoms with E-state index < -0.39 is 5.41 Å². The lowest BCUT2D eigenvalue weighted by Gasteiger charge is -2.32. The maximum atomic E-state index is 12.6. The van der Waals surface area contributed by atoms with Crippen molar-refractivity contribution < 1.29 is 9.90 Å². The average molecular weight is 252 g/mol. The van der Waals surface area contributed by atoms with Gasteiger partial charge >= 0.3 is 0 Å². The Bertz CT molecular complexity index is 316. The van der Waals surface area contributed by atoms with Crippen molar-refractivity contribution in [1.82, 2.24) is 4.90 Å². The molecule has 18 heavy (non-hydrogen) atoms. The van der Waals surface area contributed by atoms with E-state index in [1.165, 1.54) is 0 Å². The van der Waals surface area contributed by atoms with E-state index in [-0.39, 0.29) is 18.6 Å². The van der Waals surface area contributed by atoms with E-state index in [0.29, 0.717) is 19.4 Å². The second-order valence-electron chi connectivity index (χ2n) is 5.17. The van der Waals surface area contributed by atoms with Crippen LogP contribution in [-0.2, 0) is 4.79 Å². The smallest absolute Gasteiger partial charge is 0.243 e. The Morgan fingerprint density at radius 1 is 1.44 bits per heavy atom. The van der Waals surface area contributed by atoms with E-state index in [9.17, 15) is 15.2 Å². The van der Waals surface area contributed by atoms with Gasteiger partial charge in [0.05, 0.1) is 18.7 Å². The number of rotatable bonds is 6. The summed E-state index contributed by atoms with van der Waals surface area (Å²) in [5.74, 6) is -0.0646. The van der Waals surface area contributed by atoms with E-state index in [2.05, 4.69) is 6.07 Å². The lowest BCUT2D eigenvalue weighted by atomic mass is 9.79. The van der Waals surface area contributed by atoms with Gasteiger partial charge in [-0.1, -0.05) is 26.7 Å². The van der Waals surface area contributed by atoms with Crippen LogP contribution in [0.15, 0.2) is 0 Å². The summed E-state index contributed by atoms with van der Waals surface area (Å²) < 4.78 is 0. The number of nitrogens with zero attached hydrogens (tertiary/aromatic N) is 2. The van der Waals surface area contributed by atoms with Gasteiger partial charge in [0.15, 0.2) is 0 Å². The molecule has 1 atom stereocenters. The first kappa shape index (κ1) is 15.0. The average Bonchev–Trinajstić information content (AvgIpc) is 2.85. The summed E-state index contributed by atoms with van der Waals surface area (Å²) in [5, 5.41) is 18.8. The largest absolute Gasteiger partial charge is 0.394 e. The predicted molar refractivity (Wildman–Crippen MR) is 69.7 cm³/mol. The zero-order valence-electron chi connectivity index (χ0n) is 11.5. The zero-order chi connectivity index (χ0) is 13.6. The Kier molecular flexibility index (Phi) is 5.61. The van der Waals surface area contributed by atoms with Crippen LogP contribution in [0.25, 0.3) is 0 Å². The molecule has 0 aliphatic carbocycles. The third-order valence-electron chi connectivity index (χ3n) is 3.83. The molecule has 1 N–H and O–H groups in total. The van der Waals surface area contributed by atoms with E-state index in [1.807, 2.05) is 13.8 Å². The van der Waals surface area contributed by atoms with Crippen LogP contribution < -0.4 is 0 Å². The van der Waals surface area contributed by atoms with Crippen molar-refractivity contribution in [2.45, 2.75) is 58.4 Å². The molecule has 1 saturated heterocycles. The van der Waals surface area contributed by atoms with Crippen LogP contribution in [0.3, 0.4) is 0 Å². The summed E-state index contributed by atoms with van der Waals surface area (Å²) in [4.78, 5) is 14.4. The van der Waals surface area contributed by atoms with Gasteiger partial charge in [0.1, 0.15) is 5.41 Å². The summed E-state index contributed by atoms with van der Waals surface area (Å²) in [6, 6.07) is 2.18. The summed E-state index contributed by atoms with van der Waals surface area (Å²) in [5.41, 5.74) is -0.874. The fraction of sp³-hybridized carbons (Fsp3) is 0.857. The molecule has 1 amide bonds. The van der Waals surface area contributed by atoms with Crippen LogP contribution in [0.2, 0.25) is 0 Å². The number of aliphatic hydroxyl groups excluding tert-OH is 1. The first-order valence-electron chi connectivity index (χ1n) is 6.98. The van der Waals surface area contributed by atoms with Crippen molar-refractivity contribution in [3.05, 3.63) is 0 Å². The third-order valence-corrected chi connectivity index (χ3v) is 3.83. The maximum absolute atomic E-state index is 12.6. The van der Waals surface area contributed by atoms with E-state index >= 15 is 0 Å². The summed E-state index contributed by atoms with van der Waals surface area (Å²) in [6.45, 7) is 4.69. The minimum Gasteiger partial charge on any atom is -0.394 e. The van der Waals surface area contributed by atoms with Crippen molar-refractivity contribution in [3.8, 4) is 6.07 Å². The second-order valence-corrected chi connectivity index (χ2v) is 5.17. The normalized spacial score (nSPS) is 19.9. The number of hydrogen-bond donors (Lipinski definition) is 1. The van der Waals surface area contributed by atoms with Crippen LogP contribution in [-0.4, -0.2) is 35.1 Å². The van der Waals surface area contributed by atoms with E-state index in [4.69, 9.17) is 0 Å². The number of nitriles is 1. The topological polar surface area (TPSA) is 64.3 Å². The van der Waals surface area contributed by atoms with Crippen LogP contribution in [0.4, 0.5) is 0 Å². The van der Waals surface area contributed by atoms with Gasteiger partial charge in [-0.15, -0.1) is 0 Å². The molecule has 0 unspecified atom stereocenters. The second kappa shape index (κ2) is 6.75. The molecule has 1 heterocycles. The zero-order valence-corrected chi connectivity index (χ0v) is 11.5. The molecule has 1 aliphatic rings. The summed E-state index contributed by atoms with van der Waals surface area (Å²) in [7, 11) is 0. The van der Waals surface area contributed by atoms with Crippen molar-refractivity contribution in [2.24, 2.45) is 5.41 Å². The molecule has 0 spiro atoms. The molecule has 0 aromatic rings. The van der Waals surface area contributed by atoms with Gasteiger partial charge in [-0.25, -0.2) is 0 Å². The number of amides is 1. The Hall–Kier alpha value is -1.08. The standard InChI is InChI=1S/C14H24N2O2/c1-3-7-14(11-15,8-4-2)13(18)16-9-5-6-12(16)10-17/h12,17H,3-10H2,1-2H3/t12-/m1/s1. The maximum Gasteiger partial charge on any atom is 0.243 e. The molecule has 0 bridgehead atoms. The van der Waals surface area contributed by atoms with Gasteiger partial charge in [-0.05, 0) is 25.7 Å². The molecule has 0 saturated carbocycles. The molecule has 4 heteroatoms. The highest BCUT2D eigenvalue weighted by Gasteiger charge is 2.43. The predicted octanol–water partition coefficient (Wildman–Crippen LogP) is 2.08. The lowest BCUT2D eigenvalue weighted by Crippen LogP contribution is -2.46. The van der Waals surface area contributed by atoms with Crippen LogP contribution in [0.5, 0.6) is 0 Å². The Balaban J connectivity index is 2.91. The van der Waals surface area contributed by atoms with Crippen LogP contribution >= 0.6 is 0 Å². The van der Waals surface area contributed by atoms with Gasteiger partial charge in [-0.3, -0.25) is 4.79 Å². The Labute approximate surface area is 110 Å². The highest BCUT2D eigenvalue weighted by atomic mass is 16.3. The first-order chi connectivity index (χ1) is 8.65. The molecule has 4 nitrogen and oxygen atoms in total. The molecule has 1 rings (SSSR count). The number of carbonyl (C=O) groups excluding carboxylic acids is 1. The summed E-state index contributed by atoms with van der Waals surface area (Å²) >= 11 is 0. The molecule has 0 aromatic carbocycles. The monoisotopic (exact) mass is 252 g/mol. The first-order valence-corrected chi connectivity index (χ1v) is 6.98. The van der Waals surface area contributed by atoms with Crippen molar-refractivity contribution in [1.29, 1.82) is 5.26 Å². The number of carbonyl (C=O) groups is 1. The molecular formula is C14H24N2O2. The Morgan fingerprint density at radius 2 is 2.06 bits per heavy atom. The van der Waals surface area contributed by atoms with Gasteiger partial charge < -0.3 is 10.0 Å². The van der Waals surface area contributed by atoms with Crippen molar-refractivity contribution in [2.75, 3.05) is 13.2 Å². The van der Waals surface area contributed by atoms with Gasteiger partial charge in [0, 0.05) is 6.54 Å². The number of hydrogen-bond acceptors (Lipinski definition) is 3. The minimum absolute atomic E-state index is 0.00545. The molecule has 1 fully saturated rings. The molecule has 0 radical (unpaired) electrons. The molecule has 1 aliphatic heterocycles. The highest BCUT2D eigenvalue weighted by molar-refractivity contribution is 5.86. The number of likely N-dealkylation sites (tertiary alicyclic amines) is 1. The van der Waals surface area contributed by atoms with E-state index in [0.717, 1.165) is 25.7 Å². The third kappa shape index (κ3) is 2.84. The van der Waals surface area contributed by atoms with Gasteiger partial charge in [0.2, 0.25) is 5.91 Å². The Morgan fingerprint density at radius 3 is 2.50 bits per heavy atom. The van der Waals surface area contributed by atoms with Crippen LogP contribution in [0, 0.1) is 16.7 Å². The van der Waals surface area contributed by atoms with Crippen molar-refractivity contribution in [3.63, 3.8) is 0 Å². The quantitative estimate of drug-likeness (QED) is 0.787. The SMILES string of the molecule is CCCC(C#N)(CCC)C(=O)N1CCC[C@@H]1CO. The highest BCUT2D eigenvalue weighted by Crippen LogP contribution is 2.34. The molecule has 0 aromatic heterocycles. The van der Waals surface area contributed by atoms with Gasteiger partial charge in [-0.2, -0.15) is 5.26 Å². The lowest BCUT2D eigenvalue weighted by molar-refractivity contribution is -0.141. The van der Waals surface area contributed by atoms with Crippen LogP contribution in [0.1, 0.15) is 52.4 Å². The summed E-state index contributed by atoms with van der Waals surface area (Å²) in [6.07, 6.45) is 4.67. The number of aliphatic hydroxyl groups is 1. The fourth-order valence-corrected chi connectivity index (χ4v) is 2.92. The van der Waals surface area contributed by atoms with Crippen molar-refractivity contribution >= 4 is 5.91 Å². The van der Waals surface area contributed by atoms with E-state index in [1.54, 1.807) is 4.90 Å². The molecule has 102 valence electrons. The minimum atomic E-state index is -0.874. The fourth-order valence-electron chi connectivity index (χ4n) is 2.92. The van der Waals surface area contributed by atoms with Gasteiger partial charge in [0.25, 0.3) is 0 Å².